The van der Waals surface area contributed by atoms with Gasteiger partial charge in [0.05, 0.1) is 0 Å². The minimum atomic E-state index is -0.237. The van der Waals surface area contributed by atoms with Gasteiger partial charge in [-0.25, -0.2) is 9.97 Å². The molecule has 2 heterocycles. The number of carbonyl (C=O) groups excluding carboxylic acids is 1. The van der Waals surface area contributed by atoms with Gasteiger partial charge >= 0.3 is 0 Å². The summed E-state index contributed by atoms with van der Waals surface area (Å²) in [6.45, 7) is 6.39. The highest BCUT2D eigenvalue weighted by atomic mass is 16.1. The van der Waals surface area contributed by atoms with Crippen molar-refractivity contribution >= 4 is 11.7 Å². The molecule has 0 spiro atoms. The topological polar surface area (TPSA) is 79.8 Å². The van der Waals surface area contributed by atoms with Crippen LogP contribution in [0.2, 0.25) is 0 Å². The standard InChI is InChI=1S/C15H17N5O/c1-3-6-17-14-9-13(19-11(2)20-14)15(21)18-10-12-4-7-16-8-5-12/h3-5,7-9H,1,6,10H2,2H3,(H,18,21)(H,17,19,20). The minimum absolute atomic E-state index is 0.237. The summed E-state index contributed by atoms with van der Waals surface area (Å²) in [7, 11) is 0. The fourth-order valence-corrected chi connectivity index (χ4v) is 1.72. The Morgan fingerprint density at radius 1 is 1.33 bits per heavy atom. The third-order valence-corrected chi connectivity index (χ3v) is 2.70. The average Bonchev–Trinajstić information content (AvgIpc) is 2.51. The van der Waals surface area contributed by atoms with Crippen LogP contribution in [0.15, 0.2) is 43.2 Å². The van der Waals surface area contributed by atoms with E-state index in [1.807, 2.05) is 12.1 Å². The number of nitrogens with one attached hydrogen (secondary N) is 2. The van der Waals surface area contributed by atoms with Gasteiger partial charge in [-0.05, 0) is 24.6 Å². The first-order chi connectivity index (χ1) is 10.2. The number of nitrogens with zero attached hydrogens (tertiary/aromatic N) is 3. The second-order valence-electron chi connectivity index (χ2n) is 4.39. The number of carbonyl (C=O) groups is 1. The van der Waals surface area contributed by atoms with Crippen LogP contribution >= 0.6 is 0 Å². The van der Waals surface area contributed by atoms with E-state index in [1.54, 1.807) is 31.5 Å². The Morgan fingerprint density at radius 2 is 2.10 bits per heavy atom. The lowest BCUT2D eigenvalue weighted by atomic mass is 10.2. The third kappa shape index (κ3) is 4.38. The zero-order valence-corrected chi connectivity index (χ0v) is 11.8. The summed E-state index contributed by atoms with van der Waals surface area (Å²) < 4.78 is 0. The lowest BCUT2D eigenvalue weighted by Crippen LogP contribution is -2.24. The van der Waals surface area contributed by atoms with E-state index >= 15 is 0 Å². The summed E-state index contributed by atoms with van der Waals surface area (Å²) in [5, 5.41) is 5.87. The molecule has 0 radical (unpaired) electrons. The van der Waals surface area contributed by atoms with E-state index in [2.05, 4.69) is 32.2 Å². The van der Waals surface area contributed by atoms with E-state index in [9.17, 15) is 4.79 Å². The van der Waals surface area contributed by atoms with Crippen molar-refractivity contribution in [2.24, 2.45) is 0 Å². The molecule has 6 heteroatoms. The smallest absolute Gasteiger partial charge is 0.270 e. The Morgan fingerprint density at radius 3 is 2.81 bits per heavy atom. The Labute approximate surface area is 123 Å². The first kappa shape index (κ1) is 14.6. The molecule has 0 aliphatic rings. The van der Waals surface area contributed by atoms with E-state index in [4.69, 9.17) is 0 Å². The molecule has 2 rings (SSSR count). The molecule has 0 atom stereocenters. The molecule has 0 bridgehead atoms. The van der Waals surface area contributed by atoms with Crippen molar-refractivity contribution in [2.45, 2.75) is 13.5 Å². The maximum absolute atomic E-state index is 12.1. The average molecular weight is 283 g/mol. The van der Waals surface area contributed by atoms with Crippen LogP contribution in [0.1, 0.15) is 21.9 Å². The number of aryl methyl sites for hydroxylation is 1. The van der Waals surface area contributed by atoms with Gasteiger partial charge in [0.25, 0.3) is 5.91 Å². The summed E-state index contributed by atoms with van der Waals surface area (Å²) >= 11 is 0. The largest absolute Gasteiger partial charge is 0.366 e. The monoisotopic (exact) mass is 283 g/mol. The SMILES string of the molecule is C=CCNc1cc(C(=O)NCc2ccncc2)nc(C)n1. The Hall–Kier alpha value is -2.76. The van der Waals surface area contributed by atoms with Crippen LogP contribution in [0.5, 0.6) is 0 Å². The molecular weight excluding hydrogens is 266 g/mol. The molecule has 0 aromatic carbocycles. The second kappa shape index (κ2) is 7.14. The number of hydrogen-bond donors (Lipinski definition) is 2. The van der Waals surface area contributed by atoms with Gasteiger partial charge in [0.2, 0.25) is 0 Å². The number of aromatic nitrogens is 3. The van der Waals surface area contributed by atoms with Crippen LogP contribution in [-0.4, -0.2) is 27.4 Å². The van der Waals surface area contributed by atoms with Crippen molar-refractivity contribution < 1.29 is 4.79 Å². The molecule has 0 unspecified atom stereocenters. The van der Waals surface area contributed by atoms with E-state index < -0.39 is 0 Å². The van der Waals surface area contributed by atoms with Gasteiger partial charge in [0.1, 0.15) is 17.3 Å². The molecule has 0 aliphatic carbocycles. The highest BCUT2D eigenvalue weighted by Gasteiger charge is 2.10. The number of rotatable bonds is 6. The lowest BCUT2D eigenvalue weighted by Gasteiger charge is -2.08. The normalized spacial score (nSPS) is 9.95. The van der Waals surface area contributed by atoms with Crippen LogP contribution in [0.25, 0.3) is 0 Å². The van der Waals surface area contributed by atoms with E-state index in [1.165, 1.54) is 0 Å². The van der Waals surface area contributed by atoms with Crippen molar-refractivity contribution in [3.05, 3.63) is 60.3 Å². The highest BCUT2D eigenvalue weighted by molar-refractivity contribution is 5.92. The van der Waals surface area contributed by atoms with Gasteiger partial charge < -0.3 is 10.6 Å². The summed E-state index contributed by atoms with van der Waals surface area (Å²) in [6.07, 6.45) is 5.10. The van der Waals surface area contributed by atoms with Gasteiger partial charge in [-0.3, -0.25) is 9.78 Å². The van der Waals surface area contributed by atoms with Gasteiger partial charge in [-0.1, -0.05) is 6.08 Å². The summed E-state index contributed by atoms with van der Waals surface area (Å²) in [4.78, 5) is 24.4. The molecule has 0 saturated carbocycles. The third-order valence-electron chi connectivity index (χ3n) is 2.70. The van der Waals surface area contributed by atoms with Crippen molar-refractivity contribution in [2.75, 3.05) is 11.9 Å². The maximum Gasteiger partial charge on any atom is 0.270 e. The molecule has 108 valence electrons. The zero-order valence-electron chi connectivity index (χ0n) is 11.8. The van der Waals surface area contributed by atoms with Gasteiger partial charge in [0, 0.05) is 31.5 Å². The van der Waals surface area contributed by atoms with E-state index in [0.29, 0.717) is 30.4 Å². The van der Waals surface area contributed by atoms with Crippen LogP contribution in [0.4, 0.5) is 5.82 Å². The summed E-state index contributed by atoms with van der Waals surface area (Å²) in [6, 6.07) is 5.32. The molecule has 2 N–H and O–H groups in total. The first-order valence-corrected chi connectivity index (χ1v) is 6.56. The Bertz CT molecular complexity index is 627. The number of hydrogen-bond acceptors (Lipinski definition) is 5. The van der Waals surface area contributed by atoms with Crippen molar-refractivity contribution in [1.82, 2.24) is 20.3 Å². The Kier molecular flexibility index (Phi) is 4.98. The van der Waals surface area contributed by atoms with E-state index in [-0.39, 0.29) is 5.91 Å². The number of pyridine rings is 1. The van der Waals surface area contributed by atoms with E-state index in [0.717, 1.165) is 5.56 Å². The maximum atomic E-state index is 12.1. The van der Waals surface area contributed by atoms with Crippen molar-refractivity contribution in [3.8, 4) is 0 Å². The molecule has 21 heavy (non-hydrogen) atoms. The summed E-state index contributed by atoms with van der Waals surface area (Å²) in [5.41, 5.74) is 1.32. The molecule has 2 aromatic heterocycles. The fraction of sp³-hybridized carbons (Fsp3) is 0.200. The van der Waals surface area contributed by atoms with Gasteiger partial charge in [-0.2, -0.15) is 0 Å². The predicted octanol–water partition coefficient (Wildman–Crippen LogP) is 1.71. The lowest BCUT2D eigenvalue weighted by molar-refractivity contribution is 0.0945. The predicted molar refractivity (Wildman–Crippen MR) is 80.9 cm³/mol. The molecule has 1 amide bonds. The van der Waals surface area contributed by atoms with Crippen LogP contribution in [0.3, 0.4) is 0 Å². The van der Waals surface area contributed by atoms with Crippen LogP contribution < -0.4 is 10.6 Å². The molecular formula is C15H17N5O. The molecule has 0 fully saturated rings. The first-order valence-electron chi connectivity index (χ1n) is 6.56. The molecule has 0 aliphatic heterocycles. The quantitative estimate of drug-likeness (QED) is 0.789. The fourth-order valence-electron chi connectivity index (χ4n) is 1.72. The number of anilines is 1. The van der Waals surface area contributed by atoms with Gasteiger partial charge in [0.15, 0.2) is 0 Å². The highest BCUT2D eigenvalue weighted by Crippen LogP contribution is 2.07. The minimum Gasteiger partial charge on any atom is -0.366 e. The number of amides is 1. The van der Waals surface area contributed by atoms with Crippen molar-refractivity contribution in [3.63, 3.8) is 0 Å². The molecule has 2 aromatic rings. The Balaban J connectivity index is 2.04. The summed E-state index contributed by atoms with van der Waals surface area (Å²) in [5.74, 6) is 0.911. The van der Waals surface area contributed by atoms with Crippen molar-refractivity contribution in [1.29, 1.82) is 0 Å². The van der Waals surface area contributed by atoms with Gasteiger partial charge in [-0.15, -0.1) is 6.58 Å². The molecule has 0 saturated heterocycles. The second-order valence-corrected chi connectivity index (χ2v) is 4.39. The van der Waals surface area contributed by atoms with Crippen LogP contribution in [-0.2, 0) is 6.54 Å². The van der Waals surface area contributed by atoms with Crippen LogP contribution in [0, 0.1) is 6.92 Å². The molecule has 6 nitrogen and oxygen atoms in total. The zero-order chi connectivity index (χ0) is 15.1.